The van der Waals surface area contributed by atoms with Gasteiger partial charge in [-0.2, -0.15) is 13.2 Å². The molecule has 0 radical (unpaired) electrons. The predicted octanol–water partition coefficient (Wildman–Crippen LogP) is 4.03. The number of aromatic nitrogens is 1. The minimum atomic E-state index is -4.18. The number of halogens is 3. The molecule has 0 spiro atoms. The van der Waals surface area contributed by atoms with Crippen LogP contribution < -0.4 is 5.32 Å². The van der Waals surface area contributed by atoms with Crippen LogP contribution in [-0.2, 0) is 0 Å². The maximum absolute atomic E-state index is 12.3. The second-order valence-electron chi connectivity index (χ2n) is 4.35. The summed E-state index contributed by atoms with van der Waals surface area (Å²) in [4.78, 5) is 8.97. The van der Waals surface area contributed by atoms with Crippen LogP contribution in [0.3, 0.4) is 0 Å². The first kappa shape index (κ1) is 16.4. The van der Waals surface area contributed by atoms with Crippen LogP contribution >= 0.6 is 11.8 Å². The van der Waals surface area contributed by atoms with Gasteiger partial charge in [0.15, 0.2) is 0 Å². The Morgan fingerprint density at radius 3 is 2.73 bits per heavy atom. The van der Waals surface area contributed by atoms with Gasteiger partial charge in [0.2, 0.25) is 0 Å². The predicted molar refractivity (Wildman–Crippen MR) is 82.7 cm³/mol. The smallest absolute Gasteiger partial charge is 0.373 e. The average molecular weight is 325 g/mol. The largest absolute Gasteiger partial charge is 0.398 e. The van der Waals surface area contributed by atoms with Crippen molar-refractivity contribution in [2.45, 2.75) is 11.1 Å². The van der Waals surface area contributed by atoms with Crippen LogP contribution in [0.4, 0.5) is 18.9 Å². The van der Waals surface area contributed by atoms with Crippen LogP contribution in [0, 0.1) is 0 Å². The third-order valence-electron chi connectivity index (χ3n) is 2.63. The van der Waals surface area contributed by atoms with Crippen molar-refractivity contribution in [3.05, 3.63) is 54.4 Å². The van der Waals surface area contributed by atoms with Crippen molar-refractivity contribution in [1.29, 1.82) is 0 Å². The van der Waals surface area contributed by atoms with Gasteiger partial charge in [0.25, 0.3) is 0 Å². The van der Waals surface area contributed by atoms with Gasteiger partial charge < -0.3 is 5.32 Å². The normalized spacial score (nSPS) is 12.3. The Morgan fingerprint density at radius 2 is 2.09 bits per heavy atom. The number of thioether (sulfide) groups is 1. The van der Waals surface area contributed by atoms with Crippen molar-refractivity contribution < 1.29 is 13.2 Å². The Kier molecular flexibility index (Phi) is 5.43. The van der Waals surface area contributed by atoms with Crippen LogP contribution in [0.1, 0.15) is 5.56 Å². The summed E-state index contributed by atoms with van der Waals surface area (Å²) >= 11 is 0.745. The Balaban J connectivity index is 2.20. The molecule has 1 N–H and O–H groups in total. The summed E-state index contributed by atoms with van der Waals surface area (Å²) in [7, 11) is 1.73. The number of benzene rings is 1. The average Bonchev–Trinajstić information content (AvgIpc) is 2.51. The van der Waals surface area contributed by atoms with Crippen LogP contribution in [0.5, 0.6) is 0 Å². The molecular formula is C15H14F3N3S. The minimum Gasteiger partial charge on any atom is -0.373 e. The van der Waals surface area contributed by atoms with Gasteiger partial charge >= 0.3 is 6.18 Å². The highest BCUT2D eigenvalue weighted by molar-refractivity contribution is 7.99. The van der Waals surface area contributed by atoms with Crippen molar-refractivity contribution >= 4 is 23.3 Å². The molecule has 1 aromatic heterocycles. The number of alkyl halides is 3. The van der Waals surface area contributed by atoms with Crippen LogP contribution in [0.15, 0.2) is 58.7 Å². The zero-order valence-electron chi connectivity index (χ0n) is 11.8. The van der Waals surface area contributed by atoms with Crippen molar-refractivity contribution in [2.75, 3.05) is 12.8 Å². The molecule has 0 saturated carbocycles. The van der Waals surface area contributed by atoms with E-state index in [1.807, 2.05) is 6.07 Å². The van der Waals surface area contributed by atoms with E-state index < -0.39 is 11.9 Å². The zero-order chi connectivity index (χ0) is 16.0. The highest BCUT2D eigenvalue weighted by Gasteiger charge is 2.27. The molecule has 0 amide bonds. The fourth-order valence-electron chi connectivity index (χ4n) is 1.70. The Labute approximate surface area is 130 Å². The molecule has 2 rings (SSSR count). The summed E-state index contributed by atoms with van der Waals surface area (Å²) in [5.74, 6) is -0.312. The van der Waals surface area contributed by atoms with E-state index in [-0.39, 0.29) is 0 Å². The molecule has 3 nitrogen and oxygen atoms in total. The monoisotopic (exact) mass is 325 g/mol. The lowest BCUT2D eigenvalue weighted by atomic mass is 10.2. The summed E-state index contributed by atoms with van der Waals surface area (Å²) in [6.45, 7) is 0. The van der Waals surface area contributed by atoms with Crippen molar-refractivity contribution in [2.24, 2.45) is 4.99 Å². The molecule has 0 aliphatic carbocycles. The fourth-order valence-corrected chi connectivity index (χ4v) is 2.41. The molecule has 0 atom stereocenters. The molecule has 0 bridgehead atoms. The van der Waals surface area contributed by atoms with Crippen molar-refractivity contribution in [3.8, 4) is 0 Å². The second-order valence-corrected chi connectivity index (χ2v) is 5.40. The second kappa shape index (κ2) is 7.31. The number of nitrogens with one attached hydrogen (secondary N) is 1. The molecule has 1 aromatic carbocycles. The summed E-state index contributed by atoms with van der Waals surface area (Å²) in [6, 6.07) is 10.3. The summed E-state index contributed by atoms with van der Waals surface area (Å²) in [5, 5.41) is 2.97. The molecule has 2 aromatic rings. The van der Waals surface area contributed by atoms with E-state index in [0.717, 1.165) is 17.3 Å². The molecule has 7 heteroatoms. The first-order valence-corrected chi connectivity index (χ1v) is 7.43. The summed E-state index contributed by atoms with van der Waals surface area (Å²) < 4.78 is 36.8. The zero-order valence-corrected chi connectivity index (χ0v) is 12.6. The first-order chi connectivity index (χ1) is 10.5. The molecule has 0 aliphatic heterocycles. The number of rotatable bonds is 4. The third kappa shape index (κ3) is 5.07. The Morgan fingerprint density at radius 1 is 1.27 bits per heavy atom. The molecule has 1 heterocycles. The number of hydrogen-bond donors (Lipinski definition) is 1. The SMILES string of the molecule is CN/C(=N\c1cccc(SCC(F)(F)F)c1)c1cccnc1. The lowest BCUT2D eigenvalue weighted by Gasteiger charge is -2.08. The van der Waals surface area contributed by atoms with Gasteiger partial charge in [0, 0.05) is 29.9 Å². The fraction of sp³-hybridized carbons (Fsp3) is 0.200. The van der Waals surface area contributed by atoms with Gasteiger partial charge in [-0.25, -0.2) is 4.99 Å². The maximum atomic E-state index is 12.3. The molecule has 22 heavy (non-hydrogen) atoms. The van der Waals surface area contributed by atoms with E-state index in [1.54, 1.807) is 49.8 Å². The van der Waals surface area contributed by atoms with Crippen molar-refractivity contribution in [1.82, 2.24) is 10.3 Å². The number of hydrogen-bond acceptors (Lipinski definition) is 3. The maximum Gasteiger partial charge on any atom is 0.398 e. The molecular weight excluding hydrogens is 311 g/mol. The van der Waals surface area contributed by atoms with Gasteiger partial charge in [-0.05, 0) is 30.3 Å². The van der Waals surface area contributed by atoms with Gasteiger partial charge in [0.05, 0.1) is 11.4 Å². The molecule has 0 aliphatic rings. The Bertz CT molecular complexity index is 642. The van der Waals surface area contributed by atoms with Crippen LogP contribution in [0.25, 0.3) is 0 Å². The summed E-state index contributed by atoms with van der Waals surface area (Å²) in [5.41, 5.74) is 1.39. The highest BCUT2D eigenvalue weighted by Crippen LogP contribution is 2.29. The van der Waals surface area contributed by atoms with Gasteiger partial charge in [-0.15, -0.1) is 11.8 Å². The van der Waals surface area contributed by atoms with E-state index in [0.29, 0.717) is 16.4 Å². The van der Waals surface area contributed by atoms with Gasteiger partial charge in [0.1, 0.15) is 5.84 Å². The summed E-state index contributed by atoms with van der Waals surface area (Å²) in [6.07, 6.45) is -0.863. The van der Waals surface area contributed by atoms with E-state index in [2.05, 4.69) is 15.3 Å². The highest BCUT2D eigenvalue weighted by atomic mass is 32.2. The lowest BCUT2D eigenvalue weighted by molar-refractivity contribution is -0.105. The van der Waals surface area contributed by atoms with E-state index in [4.69, 9.17) is 0 Å². The topological polar surface area (TPSA) is 37.3 Å². The Hall–Kier alpha value is -2.02. The molecule has 0 saturated heterocycles. The molecule has 116 valence electrons. The first-order valence-electron chi connectivity index (χ1n) is 6.44. The van der Waals surface area contributed by atoms with Gasteiger partial charge in [-0.3, -0.25) is 4.98 Å². The van der Waals surface area contributed by atoms with Crippen molar-refractivity contribution in [3.63, 3.8) is 0 Å². The van der Waals surface area contributed by atoms with Crippen LogP contribution in [-0.4, -0.2) is 29.8 Å². The number of nitrogens with zero attached hydrogens (tertiary/aromatic N) is 2. The minimum absolute atomic E-state index is 0.528. The third-order valence-corrected chi connectivity index (χ3v) is 3.69. The van der Waals surface area contributed by atoms with E-state index in [9.17, 15) is 13.2 Å². The number of pyridine rings is 1. The molecule has 0 unspecified atom stereocenters. The number of aliphatic imine (C=N–C) groups is 1. The lowest BCUT2D eigenvalue weighted by Crippen LogP contribution is -2.19. The standard InChI is InChI=1S/C15H14F3N3S/c1-19-14(11-4-3-7-20-9-11)21-12-5-2-6-13(8-12)22-10-15(16,17)18/h2-9H,10H2,1H3,(H,19,21). The van der Waals surface area contributed by atoms with E-state index in [1.165, 1.54) is 0 Å². The van der Waals surface area contributed by atoms with E-state index >= 15 is 0 Å². The molecule has 0 fully saturated rings. The number of amidine groups is 1. The quantitative estimate of drug-likeness (QED) is 0.524. The van der Waals surface area contributed by atoms with Crippen LogP contribution in [0.2, 0.25) is 0 Å². The van der Waals surface area contributed by atoms with Gasteiger partial charge in [-0.1, -0.05) is 6.07 Å².